The largest absolute Gasteiger partial charge is 0.481 e. The molecule has 0 unspecified atom stereocenters. The van der Waals surface area contributed by atoms with Gasteiger partial charge in [-0.3, -0.25) is 4.79 Å². The van der Waals surface area contributed by atoms with Crippen LogP contribution < -0.4 is 0 Å². The topological polar surface area (TPSA) is 66.8 Å². The van der Waals surface area contributed by atoms with Crippen LogP contribution in [-0.4, -0.2) is 34.5 Å². The standard InChI is InChI=1S/C12H22O4/c1-11(2,3)16-8-12(10(14)15)6-4-9(13)5-7-12/h9,13H,4-8H2,1-3H3,(H,14,15). The lowest BCUT2D eigenvalue weighted by molar-refractivity contribution is -0.162. The zero-order valence-corrected chi connectivity index (χ0v) is 10.3. The van der Waals surface area contributed by atoms with Gasteiger partial charge < -0.3 is 14.9 Å². The first kappa shape index (κ1) is 13.5. The molecule has 0 aromatic rings. The Balaban J connectivity index is 2.64. The lowest BCUT2D eigenvalue weighted by Gasteiger charge is -2.36. The van der Waals surface area contributed by atoms with Crippen LogP contribution in [0.2, 0.25) is 0 Å². The fourth-order valence-electron chi connectivity index (χ4n) is 1.93. The number of carboxylic acid groups (broad SMARTS) is 1. The van der Waals surface area contributed by atoms with Gasteiger partial charge in [-0.25, -0.2) is 0 Å². The van der Waals surface area contributed by atoms with E-state index >= 15 is 0 Å². The Labute approximate surface area is 96.6 Å². The van der Waals surface area contributed by atoms with Crippen molar-refractivity contribution in [3.05, 3.63) is 0 Å². The third-order valence-corrected chi connectivity index (χ3v) is 3.15. The van der Waals surface area contributed by atoms with E-state index in [9.17, 15) is 15.0 Å². The summed E-state index contributed by atoms with van der Waals surface area (Å²) in [6, 6.07) is 0. The number of carbonyl (C=O) groups is 1. The van der Waals surface area contributed by atoms with Gasteiger partial charge in [-0.2, -0.15) is 0 Å². The molecule has 4 nitrogen and oxygen atoms in total. The molecule has 1 aliphatic carbocycles. The summed E-state index contributed by atoms with van der Waals surface area (Å²) in [7, 11) is 0. The van der Waals surface area contributed by atoms with Crippen LogP contribution in [0.5, 0.6) is 0 Å². The Kier molecular flexibility index (Phi) is 3.97. The van der Waals surface area contributed by atoms with Gasteiger partial charge in [0.05, 0.1) is 23.7 Å². The third kappa shape index (κ3) is 3.46. The van der Waals surface area contributed by atoms with Crippen LogP contribution in [0.1, 0.15) is 46.5 Å². The molecule has 1 fully saturated rings. The lowest BCUT2D eigenvalue weighted by atomic mass is 9.73. The Morgan fingerprint density at radius 3 is 2.25 bits per heavy atom. The Morgan fingerprint density at radius 2 is 1.88 bits per heavy atom. The second kappa shape index (κ2) is 4.72. The molecule has 0 heterocycles. The maximum Gasteiger partial charge on any atom is 0.311 e. The minimum atomic E-state index is -0.802. The average Bonchev–Trinajstić information content (AvgIpc) is 2.16. The van der Waals surface area contributed by atoms with Crippen molar-refractivity contribution in [2.24, 2.45) is 5.41 Å². The van der Waals surface area contributed by atoms with Gasteiger partial charge in [-0.15, -0.1) is 0 Å². The first-order chi connectivity index (χ1) is 7.25. The Bertz CT molecular complexity index is 246. The number of hydrogen-bond donors (Lipinski definition) is 2. The zero-order chi connectivity index (χ0) is 12.4. The molecule has 0 saturated heterocycles. The van der Waals surface area contributed by atoms with Gasteiger partial charge in [0.2, 0.25) is 0 Å². The lowest BCUT2D eigenvalue weighted by Crippen LogP contribution is -2.42. The van der Waals surface area contributed by atoms with Crippen LogP contribution in [0.3, 0.4) is 0 Å². The van der Waals surface area contributed by atoms with E-state index in [0.29, 0.717) is 25.7 Å². The molecular weight excluding hydrogens is 208 g/mol. The summed E-state index contributed by atoms with van der Waals surface area (Å²) in [4.78, 5) is 11.3. The molecule has 16 heavy (non-hydrogen) atoms. The van der Waals surface area contributed by atoms with Crippen molar-refractivity contribution in [1.82, 2.24) is 0 Å². The predicted molar refractivity (Wildman–Crippen MR) is 60.2 cm³/mol. The van der Waals surface area contributed by atoms with Gasteiger partial charge in [-0.1, -0.05) is 0 Å². The summed E-state index contributed by atoms with van der Waals surface area (Å²) in [6.45, 7) is 5.99. The van der Waals surface area contributed by atoms with E-state index in [1.807, 2.05) is 20.8 Å². The van der Waals surface area contributed by atoms with E-state index in [4.69, 9.17) is 4.74 Å². The van der Waals surface area contributed by atoms with Crippen molar-refractivity contribution in [3.63, 3.8) is 0 Å². The predicted octanol–water partition coefficient (Wildman–Crippen LogP) is 1.81. The second-order valence-corrected chi connectivity index (χ2v) is 5.72. The molecule has 1 saturated carbocycles. The highest BCUT2D eigenvalue weighted by Crippen LogP contribution is 2.37. The minimum Gasteiger partial charge on any atom is -0.481 e. The van der Waals surface area contributed by atoms with E-state index in [2.05, 4.69) is 0 Å². The van der Waals surface area contributed by atoms with Gasteiger partial charge in [0.1, 0.15) is 0 Å². The summed E-state index contributed by atoms with van der Waals surface area (Å²) >= 11 is 0. The number of carboxylic acids is 1. The first-order valence-electron chi connectivity index (χ1n) is 5.81. The summed E-state index contributed by atoms with van der Waals surface area (Å²) in [5.74, 6) is -0.802. The van der Waals surface area contributed by atoms with Gasteiger partial charge >= 0.3 is 5.97 Å². The van der Waals surface area contributed by atoms with E-state index in [1.54, 1.807) is 0 Å². The number of ether oxygens (including phenoxy) is 1. The monoisotopic (exact) mass is 230 g/mol. The number of rotatable bonds is 3. The highest BCUT2D eigenvalue weighted by atomic mass is 16.5. The molecule has 2 N–H and O–H groups in total. The quantitative estimate of drug-likeness (QED) is 0.776. The number of aliphatic hydroxyl groups excluding tert-OH is 1. The van der Waals surface area contributed by atoms with Gasteiger partial charge in [0.15, 0.2) is 0 Å². The van der Waals surface area contributed by atoms with Gasteiger partial charge in [0, 0.05) is 0 Å². The highest BCUT2D eigenvalue weighted by molar-refractivity contribution is 5.75. The SMILES string of the molecule is CC(C)(C)OCC1(C(=O)O)CCC(O)CC1. The maximum atomic E-state index is 11.3. The van der Waals surface area contributed by atoms with Gasteiger partial charge in [-0.05, 0) is 46.5 Å². The molecule has 0 aromatic carbocycles. The van der Waals surface area contributed by atoms with Crippen LogP contribution in [0.15, 0.2) is 0 Å². The van der Waals surface area contributed by atoms with Crippen LogP contribution >= 0.6 is 0 Å². The molecule has 4 heteroatoms. The molecule has 0 aromatic heterocycles. The number of aliphatic carboxylic acids is 1. The van der Waals surface area contributed by atoms with Crippen molar-refractivity contribution in [2.45, 2.75) is 58.2 Å². The van der Waals surface area contributed by atoms with Crippen LogP contribution in [-0.2, 0) is 9.53 Å². The summed E-state index contributed by atoms with van der Waals surface area (Å²) in [6.07, 6.45) is 1.76. The molecule has 1 rings (SSSR count). The number of aliphatic hydroxyl groups is 1. The molecule has 94 valence electrons. The van der Waals surface area contributed by atoms with Crippen molar-refractivity contribution in [2.75, 3.05) is 6.61 Å². The first-order valence-corrected chi connectivity index (χ1v) is 5.81. The summed E-state index contributed by atoms with van der Waals surface area (Å²) < 4.78 is 5.61. The normalized spacial score (nSPS) is 31.4. The minimum absolute atomic E-state index is 0.235. The fraction of sp³-hybridized carbons (Fsp3) is 0.917. The molecule has 0 bridgehead atoms. The van der Waals surface area contributed by atoms with E-state index in [1.165, 1.54) is 0 Å². The molecule has 0 aliphatic heterocycles. The molecule has 1 aliphatic rings. The van der Waals surface area contributed by atoms with Crippen LogP contribution in [0, 0.1) is 5.41 Å². The van der Waals surface area contributed by atoms with E-state index in [0.717, 1.165) is 0 Å². The van der Waals surface area contributed by atoms with Crippen molar-refractivity contribution in [1.29, 1.82) is 0 Å². The third-order valence-electron chi connectivity index (χ3n) is 3.15. The average molecular weight is 230 g/mol. The second-order valence-electron chi connectivity index (χ2n) is 5.72. The van der Waals surface area contributed by atoms with Crippen molar-refractivity contribution >= 4 is 5.97 Å². The molecule has 0 amide bonds. The molecule has 0 atom stereocenters. The molecular formula is C12H22O4. The zero-order valence-electron chi connectivity index (χ0n) is 10.3. The smallest absolute Gasteiger partial charge is 0.311 e. The van der Waals surface area contributed by atoms with Crippen LogP contribution in [0.25, 0.3) is 0 Å². The Morgan fingerprint density at radius 1 is 1.38 bits per heavy atom. The highest BCUT2D eigenvalue weighted by Gasteiger charge is 2.42. The Hall–Kier alpha value is -0.610. The molecule has 0 spiro atoms. The fourth-order valence-corrected chi connectivity index (χ4v) is 1.93. The van der Waals surface area contributed by atoms with Crippen molar-refractivity contribution in [3.8, 4) is 0 Å². The van der Waals surface area contributed by atoms with Gasteiger partial charge in [0.25, 0.3) is 0 Å². The van der Waals surface area contributed by atoms with E-state index < -0.39 is 11.4 Å². The van der Waals surface area contributed by atoms with Crippen LogP contribution in [0.4, 0.5) is 0 Å². The maximum absolute atomic E-state index is 11.3. The number of hydrogen-bond acceptors (Lipinski definition) is 3. The van der Waals surface area contributed by atoms with E-state index in [-0.39, 0.29) is 18.3 Å². The summed E-state index contributed by atoms with van der Waals surface area (Å²) in [5.41, 5.74) is -1.12. The van der Waals surface area contributed by atoms with Crippen molar-refractivity contribution < 1.29 is 19.7 Å². The summed E-state index contributed by atoms with van der Waals surface area (Å²) in [5, 5.41) is 18.7. The molecule has 0 radical (unpaired) electrons.